The lowest BCUT2D eigenvalue weighted by Crippen LogP contribution is -2.43. The molecule has 4 heteroatoms. The first-order valence-electron chi connectivity index (χ1n) is 8.03. The lowest BCUT2D eigenvalue weighted by Gasteiger charge is -2.26. The van der Waals surface area contributed by atoms with Crippen LogP contribution >= 0.6 is 0 Å². The maximum absolute atomic E-state index is 12.5. The van der Waals surface area contributed by atoms with E-state index in [-0.39, 0.29) is 5.91 Å². The summed E-state index contributed by atoms with van der Waals surface area (Å²) in [6, 6.07) is 0. The maximum atomic E-state index is 12.5. The van der Waals surface area contributed by atoms with Gasteiger partial charge in [-0.2, -0.15) is 0 Å². The van der Waals surface area contributed by atoms with Crippen LogP contribution in [0.15, 0.2) is 9.98 Å². The molecule has 2 heterocycles. The minimum Gasteiger partial charge on any atom is -0.341 e. The number of rotatable bonds is 6. The molecule has 0 aromatic rings. The first-order valence-corrected chi connectivity index (χ1v) is 8.03. The Morgan fingerprint density at radius 2 is 2.10 bits per heavy atom. The lowest BCUT2D eigenvalue weighted by atomic mass is 9.97. The number of likely N-dealkylation sites (tertiary alicyclic amines) is 1. The smallest absolute Gasteiger partial charge is 0.250 e. The molecule has 0 N–H and O–H groups in total. The van der Waals surface area contributed by atoms with Crippen LogP contribution in [0.3, 0.4) is 0 Å². The van der Waals surface area contributed by atoms with E-state index in [0.29, 0.717) is 6.42 Å². The van der Waals surface area contributed by atoms with Crippen molar-refractivity contribution in [3.63, 3.8) is 0 Å². The van der Waals surface area contributed by atoms with E-state index in [1.165, 1.54) is 19.3 Å². The third-order valence-corrected chi connectivity index (χ3v) is 4.20. The van der Waals surface area contributed by atoms with Gasteiger partial charge in [-0.05, 0) is 26.2 Å². The summed E-state index contributed by atoms with van der Waals surface area (Å²) in [6.45, 7) is 6.82. The zero-order valence-electron chi connectivity index (χ0n) is 12.9. The van der Waals surface area contributed by atoms with Gasteiger partial charge >= 0.3 is 0 Å². The van der Waals surface area contributed by atoms with Crippen LogP contribution in [0, 0.1) is 0 Å². The summed E-state index contributed by atoms with van der Waals surface area (Å²) in [6.07, 6.45) is 9.67. The highest BCUT2D eigenvalue weighted by Crippen LogP contribution is 2.26. The molecule has 2 rings (SSSR count). The van der Waals surface area contributed by atoms with E-state index in [4.69, 9.17) is 0 Å². The molecular weight excluding hydrogens is 250 g/mol. The van der Waals surface area contributed by atoms with Crippen molar-refractivity contribution in [1.82, 2.24) is 4.90 Å². The summed E-state index contributed by atoms with van der Waals surface area (Å²) in [5.41, 5.74) is 0.406. The topological polar surface area (TPSA) is 45.0 Å². The fourth-order valence-electron chi connectivity index (χ4n) is 2.91. The van der Waals surface area contributed by atoms with Gasteiger partial charge in [0.2, 0.25) is 0 Å². The van der Waals surface area contributed by atoms with Crippen molar-refractivity contribution in [3.05, 3.63) is 0 Å². The van der Waals surface area contributed by atoms with Gasteiger partial charge < -0.3 is 4.90 Å². The molecule has 2 aliphatic heterocycles. The van der Waals surface area contributed by atoms with E-state index in [1.807, 2.05) is 18.0 Å². The summed E-state index contributed by atoms with van der Waals surface area (Å²) in [4.78, 5) is 23.5. The van der Waals surface area contributed by atoms with Gasteiger partial charge in [-0.25, -0.2) is 0 Å². The van der Waals surface area contributed by atoms with Gasteiger partial charge in [0.15, 0.2) is 0 Å². The Bertz CT molecular complexity index is 397. The predicted octanol–water partition coefficient (Wildman–Crippen LogP) is 2.86. The molecule has 20 heavy (non-hydrogen) atoms. The van der Waals surface area contributed by atoms with Crippen LogP contribution in [0.1, 0.15) is 58.8 Å². The van der Waals surface area contributed by atoms with Crippen molar-refractivity contribution in [3.8, 4) is 0 Å². The van der Waals surface area contributed by atoms with Crippen LogP contribution < -0.4 is 0 Å². The van der Waals surface area contributed by atoms with Gasteiger partial charge in [-0.15, -0.1) is 0 Å². The second kappa shape index (κ2) is 7.00. The number of hydrogen-bond acceptors (Lipinski definition) is 3. The Kier molecular flexibility index (Phi) is 5.32. The molecule has 1 unspecified atom stereocenters. The quantitative estimate of drug-likeness (QED) is 0.689. The Morgan fingerprint density at radius 1 is 1.35 bits per heavy atom. The van der Waals surface area contributed by atoms with E-state index in [9.17, 15) is 4.79 Å². The normalized spacial score (nSPS) is 27.7. The molecule has 0 radical (unpaired) electrons. The molecule has 0 aromatic carbocycles. The van der Waals surface area contributed by atoms with Gasteiger partial charge in [0, 0.05) is 32.3 Å². The van der Waals surface area contributed by atoms with Crippen LogP contribution in [0.5, 0.6) is 0 Å². The molecule has 2 aliphatic rings. The first kappa shape index (κ1) is 15.2. The van der Waals surface area contributed by atoms with Gasteiger partial charge in [0.25, 0.3) is 5.91 Å². The Hall–Kier alpha value is -1.19. The van der Waals surface area contributed by atoms with Gasteiger partial charge in [-0.3, -0.25) is 14.8 Å². The summed E-state index contributed by atoms with van der Waals surface area (Å²) < 4.78 is 0. The predicted molar refractivity (Wildman–Crippen MR) is 83.8 cm³/mol. The average Bonchev–Trinajstić information content (AvgIpc) is 3.08. The van der Waals surface area contributed by atoms with Crippen molar-refractivity contribution in [2.75, 3.05) is 19.6 Å². The van der Waals surface area contributed by atoms with Crippen molar-refractivity contribution in [2.45, 2.75) is 64.3 Å². The van der Waals surface area contributed by atoms with E-state index >= 15 is 0 Å². The molecule has 1 atom stereocenters. The Labute approximate surface area is 122 Å². The molecule has 0 spiro atoms. The van der Waals surface area contributed by atoms with Gasteiger partial charge in [0.05, 0.1) is 5.71 Å². The third-order valence-electron chi connectivity index (χ3n) is 4.20. The molecule has 0 saturated carbocycles. The van der Waals surface area contributed by atoms with Crippen molar-refractivity contribution < 1.29 is 4.79 Å². The Balaban J connectivity index is 1.82. The van der Waals surface area contributed by atoms with E-state index in [2.05, 4.69) is 16.9 Å². The monoisotopic (exact) mass is 277 g/mol. The highest BCUT2D eigenvalue weighted by molar-refractivity contribution is 6.34. The molecule has 4 nitrogen and oxygen atoms in total. The van der Waals surface area contributed by atoms with Crippen LogP contribution in [0.4, 0.5) is 0 Å². The van der Waals surface area contributed by atoms with Crippen molar-refractivity contribution in [1.29, 1.82) is 0 Å². The second-order valence-corrected chi connectivity index (χ2v) is 6.14. The van der Waals surface area contributed by atoms with Crippen LogP contribution in [-0.4, -0.2) is 47.9 Å². The largest absolute Gasteiger partial charge is 0.341 e. The molecule has 0 bridgehead atoms. The number of aliphatic imine (C=N–C) groups is 2. The van der Waals surface area contributed by atoms with Gasteiger partial charge in [0.1, 0.15) is 5.54 Å². The number of nitrogens with zero attached hydrogens (tertiary/aromatic N) is 3. The summed E-state index contributed by atoms with van der Waals surface area (Å²) in [5.74, 6) is 0.183. The molecule has 112 valence electrons. The standard InChI is InChI=1S/C16H27N3O/c1-3-4-5-6-9-17-14-12-16(2,18-13-14)15(20)19-10-7-8-11-19/h13H,3-12H2,1-2H3. The number of unbranched alkanes of at least 4 members (excludes halogenated alkanes) is 3. The van der Waals surface area contributed by atoms with Crippen LogP contribution in [-0.2, 0) is 4.79 Å². The van der Waals surface area contributed by atoms with E-state index in [0.717, 1.165) is 44.6 Å². The maximum Gasteiger partial charge on any atom is 0.250 e. The minimum atomic E-state index is -0.591. The zero-order valence-corrected chi connectivity index (χ0v) is 12.9. The second-order valence-electron chi connectivity index (χ2n) is 6.14. The minimum absolute atomic E-state index is 0.183. The summed E-state index contributed by atoms with van der Waals surface area (Å²) in [7, 11) is 0. The molecule has 0 aromatic heterocycles. The SMILES string of the molecule is CCCCCCN=C1C=NC(C)(C(=O)N2CCCC2)C1. The van der Waals surface area contributed by atoms with Crippen molar-refractivity contribution >= 4 is 17.8 Å². The molecule has 1 fully saturated rings. The Morgan fingerprint density at radius 3 is 2.80 bits per heavy atom. The van der Waals surface area contributed by atoms with Crippen LogP contribution in [0.2, 0.25) is 0 Å². The summed E-state index contributed by atoms with van der Waals surface area (Å²) >= 11 is 0. The molecule has 0 aliphatic carbocycles. The molecular formula is C16H27N3O. The average molecular weight is 277 g/mol. The van der Waals surface area contributed by atoms with Gasteiger partial charge in [-0.1, -0.05) is 26.2 Å². The third kappa shape index (κ3) is 3.68. The highest BCUT2D eigenvalue weighted by atomic mass is 16.2. The number of hydrogen-bond donors (Lipinski definition) is 0. The summed E-state index contributed by atoms with van der Waals surface area (Å²) in [5, 5.41) is 0. The van der Waals surface area contributed by atoms with Crippen LogP contribution in [0.25, 0.3) is 0 Å². The van der Waals surface area contributed by atoms with E-state index in [1.54, 1.807) is 0 Å². The van der Waals surface area contributed by atoms with Crippen molar-refractivity contribution in [2.24, 2.45) is 9.98 Å². The number of carbonyl (C=O) groups is 1. The molecule has 1 amide bonds. The highest BCUT2D eigenvalue weighted by Gasteiger charge is 2.40. The zero-order chi connectivity index (χ0) is 14.4. The van der Waals surface area contributed by atoms with E-state index < -0.39 is 5.54 Å². The molecule has 1 saturated heterocycles. The fourth-order valence-corrected chi connectivity index (χ4v) is 2.91. The number of carbonyl (C=O) groups excluding carboxylic acids is 1. The lowest BCUT2D eigenvalue weighted by molar-refractivity contribution is -0.134. The number of amides is 1. The first-order chi connectivity index (χ1) is 9.65. The fraction of sp³-hybridized carbons (Fsp3) is 0.812.